The Labute approximate surface area is 121 Å². The van der Waals surface area contributed by atoms with Crippen LogP contribution in [0.4, 0.5) is 0 Å². The van der Waals surface area contributed by atoms with Crippen molar-refractivity contribution in [2.24, 2.45) is 0 Å². The van der Waals surface area contributed by atoms with Crippen LogP contribution in [0.15, 0.2) is 73.8 Å². The second-order valence-electron chi connectivity index (χ2n) is 4.57. The predicted molar refractivity (Wildman–Crippen MR) is 85.9 cm³/mol. The third-order valence-corrected chi connectivity index (χ3v) is 3.08. The number of benzene rings is 2. The van der Waals surface area contributed by atoms with Crippen LogP contribution in [0.25, 0.3) is 11.1 Å². The van der Waals surface area contributed by atoms with Crippen LogP contribution >= 0.6 is 0 Å². The molecule has 0 bridgehead atoms. The number of hydrogen-bond acceptors (Lipinski definition) is 1. The summed E-state index contributed by atoms with van der Waals surface area (Å²) in [6.07, 6.45) is 4.38. The maximum atomic E-state index is 4.50. The lowest BCUT2D eigenvalue weighted by molar-refractivity contribution is 0.475. The van der Waals surface area contributed by atoms with Gasteiger partial charge in [-0.1, -0.05) is 73.8 Å². The summed E-state index contributed by atoms with van der Waals surface area (Å²) in [5.41, 5.74) is 5.75. The molecule has 1 nitrogen and oxygen atoms in total. The summed E-state index contributed by atoms with van der Waals surface area (Å²) >= 11 is 0. The molecule has 2 aromatic rings. The Hall–Kier alpha value is -2.12. The molecule has 0 saturated carbocycles. The molecule has 2 aliphatic rings. The molecule has 1 aliphatic heterocycles. The third-order valence-electron chi connectivity index (χ3n) is 3.08. The summed E-state index contributed by atoms with van der Waals surface area (Å²) in [4.78, 5) is 0. The molecule has 0 N–H and O–H groups in total. The first-order chi connectivity index (χ1) is 9.86. The Kier molecular flexibility index (Phi) is 5.33. The van der Waals surface area contributed by atoms with Crippen LogP contribution in [0.5, 0.6) is 0 Å². The number of rotatable bonds is 1. The highest BCUT2D eigenvalue weighted by molar-refractivity contribution is 5.76. The van der Waals surface area contributed by atoms with E-state index < -0.39 is 0 Å². The SMILES string of the molecule is C1CO1.C=CC=C.c1ccc2c(c1)Cc1ccccc1-2. The summed E-state index contributed by atoms with van der Waals surface area (Å²) in [7, 11) is 0. The molecule has 1 saturated heterocycles. The van der Waals surface area contributed by atoms with Gasteiger partial charge in [-0.2, -0.15) is 0 Å². The van der Waals surface area contributed by atoms with Crippen LogP contribution in [0.3, 0.4) is 0 Å². The van der Waals surface area contributed by atoms with Crippen LogP contribution in [0.2, 0.25) is 0 Å². The Morgan fingerprint density at radius 2 is 1.15 bits per heavy atom. The molecule has 102 valence electrons. The lowest BCUT2D eigenvalue weighted by Crippen LogP contribution is -1.77. The molecule has 1 heterocycles. The Bertz CT molecular complexity index is 530. The number of allylic oxidation sites excluding steroid dienone is 2. The van der Waals surface area contributed by atoms with Crippen LogP contribution in [-0.4, -0.2) is 13.2 Å². The first kappa shape index (κ1) is 14.3. The fourth-order valence-corrected chi connectivity index (χ4v) is 2.08. The van der Waals surface area contributed by atoms with Crippen molar-refractivity contribution >= 4 is 0 Å². The van der Waals surface area contributed by atoms with Crippen LogP contribution in [0.1, 0.15) is 11.1 Å². The molecule has 0 spiro atoms. The summed E-state index contributed by atoms with van der Waals surface area (Å²) in [6, 6.07) is 17.3. The quantitative estimate of drug-likeness (QED) is 0.461. The molecule has 1 aliphatic carbocycles. The van der Waals surface area contributed by atoms with E-state index in [1.807, 2.05) is 0 Å². The van der Waals surface area contributed by atoms with Gasteiger partial charge in [0.05, 0.1) is 13.2 Å². The molecular weight excluding hydrogens is 244 g/mol. The van der Waals surface area contributed by atoms with Gasteiger partial charge in [-0.05, 0) is 28.7 Å². The zero-order valence-corrected chi connectivity index (χ0v) is 11.7. The van der Waals surface area contributed by atoms with Crippen molar-refractivity contribution in [2.45, 2.75) is 6.42 Å². The van der Waals surface area contributed by atoms with Gasteiger partial charge in [0.15, 0.2) is 0 Å². The molecule has 0 atom stereocenters. The normalized spacial score (nSPS) is 12.6. The standard InChI is InChI=1S/C13H10.C4H6.C2H4O/c1-3-7-12-10(5-1)9-11-6-2-4-8-13(11)12;1-3-4-2;1-2-3-1/h1-8H,9H2;3-4H,1-2H2;1-2H2. The summed E-state index contributed by atoms with van der Waals surface area (Å²) in [6.45, 7) is 8.72. The first-order valence-corrected chi connectivity index (χ1v) is 6.84. The van der Waals surface area contributed by atoms with Gasteiger partial charge < -0.3 is 4.74 Å². The van der Waals surface area contributed by atoms with E-state index in [4.69, 9.17) is 0 Å². The molecule has 0 amide bonds. The molecule has 0 radical (unpaired) electrons. The number of epoxide rings is 1. The van der Waals surface area contributed by atoms with Crippen LogP contribution in [0, 0.1) is 0 Å². The van der Waals surface area contributed by atoms with Crippen molar-refractivity contribution in [3.63, 3.8) is 0 Å². The molecule has 20 heavy (non-hydrogen) atoms. The zero-order chi connectivity index (χ0) is 14.2. The van der Waals surface area contributed by atoms with Crippen molar-refractivity contribution < 1.29 is 4.74 Å². The topological polar surface area (TPSA) is 12.5 Å². The van der Waals surface area contributed by atoms with Gasteiger partial charge >= 0.3 is 0 Å². The van der Waals surface area contributed by atoms with Gasteiger partial charge in [-0.3, -0.25) is 0 Å². The molecule has 0 unspecified atom stereocenters. The van der Waals surface area contributed by atoms with Gasteiger partial charge in [-0.15, -0.1) is 0 Å². The minimum Gasteiger partial charge on any atom is -0.377 e. The summed E-state index contributed by atoms with van der Waals surface area (Å²) in [5, 5.41) is 0. The van der Waals surface area contributed by atoms with Crippen molar-refractivity contribution in [2.75, 3.05) is 13.2 Å². The van der Waals surface area contributed by atoms with Gasteiger partial charge in [0.1, 0.15) is 0 Å². The highest BCUT2D eigenvalue weighted by Gasteiger charge is 2.15. The monoisotopic (exact) mass is 264 g/mol. The minimum atomic E-state index is 1.00. The minimum absolute atomic E-state index is 1.00. The lowest BCUT2D eigenvalue weighted by Gasteiger charge is -1.98. The van der Waals surface area contributed by atoms with Gasteiger partial charge in [0.25, 0.3) is 0 Å². The van der Waals surface area contributed by atoms with E-state index in [1.54, 1.807) is 12.2 Å². The third kappa shape index (κ3) is 3.94. The van der Waals surface area contributed by atoms with E-state index in [9.17, 15) is 0 Å². The molecule has 1 fully saturated rings. The zero-order valence-electron chi connectivity index (χ0n) is 11.7. The van der Waals surface area contributed by atoms with Gasteiger partial charge in [0, 0.05) is 0 Å². The highest BCUT2D eigenvalue weighted by Crippen LogP contribution is 2.35. The second kappa shape index (κ2) is 7.46. The average molecular weight is 264 g/mol. The number of fused-ring (bicyclic) bond motifs is 3. The number of ether oxygens (including phenoxy) is 1. The molecular formula is C19H20O. The van der Waals surface area contributed by atoms with E-state index >= 15 is 0 Å². The van der Waals surface area contributed by atoms with Gasteiger partial charge in [0.2, 0.25) is 0 Å². The van der Waals surface area contributed by atoms with E-state index in [0.29, 0.717) is 0 Å². The summed E-state index contributed by atoms with van der Waals surface area (Å²) < 4.78 is 4.50. The van der Waals surface area contributed by atoms with Crippen LogP contribution in [-0.2, 0) is 11.2 Å². The fraction of sp³-hybridized carbons (Fsp3) is 0.158. The maximum absolute atomic E-state index is 4.50. The van der Waals surface area contributed by atoms with E-state index in [-0.39, 0.29) is 0 Å². The molecule has 4 rings (SSSR count). The van der Waals surface area contributed by atoms with Gasteiger partial charge in [-0.25, -0.2) is 0 Å². The number of hydrogen-bond donors (Lipinski definition) is 0. The largest absolute Gasteiger partial charge is 0.377 e. The first-order valence-electron chi connectivity index (χ1n) is 6.84. The van der Waals surface area contributed by atoms with E-state index in [2.05, 4.69) is 66.4 Å². The maximum Gasteiger partial charge on any atom is 0.0701 e. The Morgan fingerprint density at radius 1 is 0.750 bits per heavy atom. The molecule has 2 aromatic carbocycles. The van der Waals surface area contributed by atoms with Crippen molar-refractivity contribution in [3.05, 3.63) is 85.0 Å². The Morgan fingerprint density at radius 3 is 1.50 bits per heavy atom. The smallest absolute Gasteiger partial charge is 0.0701 e. The average Bonchev–Trinajstić information content (AvgIpc) is 3.34. The van der Waals surface area contributed by atoms with E-state index in [0.717, 1.165) is 19.6 Å². The van der Waals surface area contributed by atoms with E-state index in [1.165, 1.54) is 22.3 Å². The highest BCUT2D eigenvalue weighted by atomic mass is 16.6. The molecule has 0 aromatic heterocycles. The van der Waals surface area contributed by atoms with Crippen molar-refractivity contribution in [1.29, 1.82) is 0 Å². The Balaban J connectivity index is 0.000000175. The molecule has 1 heteroatoms. The van der Waals surface area contributed by atoms with Crippen molar-refractivity contribution in [3.8, 4) is 11.1 Å². The predicted octanol–water partition coefficient (Wildman–Crippen LogP) is 4.63. The van der Waals surface area contributed by atoms with Crippen LogP contribution < -0.4 is 0 Å². The second-order valence-corrected chi connectivity index (χ2v) is 4.57. The fourth-order valence-electron chi connectivity index (χ4n) is 2.08. The van der Waals surface area contributed by atoms with Crippen molar-refractivity contribution in [1.82, 2.24) is 0 Å². The summed E-state index contributed by atoms with van der Waals surface area (Å²) in [5.74, 6) is 0. The lowest BCUT2D eigenvalue weighted by atomic mass is 10.1.